The molecule has 0 atom stereocenters. The van der Waals surface area contributed by atoms with Crippen LogP contribution in [0.1, 0.15) is 12.2 Å². The standard InChI is InChI=1S/C17H13F2N3O2/c18-12-6-5-10(9-13(12)19)20-16(23)8-7-15-21-14-4-2-1-3-11(14)17(24)22-15/h1-6,9H,7-8H2,(H,20,23)(H,21,22,24). The zero-order valence-corrected chi connectivity index (χ0v) is 12.5. The number of aromatic nitrogens is 2. The summed E-state index contributed by atoms with van der Waals surface area (Å²) < 4.78 is 25.9. The summed E-state index contributed by atoms with van der Waals surface area (Å²) in [6, 6.07) is 10.0. The van der Waals surface area contributed by atoms with E-state index >= 15 is 0 Å². The van der Waals surface area contributed by atoms with E-state index in [1.54, 1.807) is 24.3 Å². The van der Waals surface area contributed by atoms with E-state index < -0.39 is 17.5 Å². The molecule has 0 saturated heterocycles. The SMILES string of the molecule is O=C(CCc1nc2ccccc2c(=O)[nH]1)Nc1ccc(F)c(F)c1. The predicted octanol–water partition coefficient (Wildman–Crippen LogP) is 2.77. The summed E-state index contributed by atoms with van der Waals surface area (Å²) in [5, 5.41) is 2.95. The number of rotatable bonds is 4. The van der Waals surface area contributed by atoms with E-state index in [9.17, 15) is 18.4 Å². The maximum atomic E-state index is 13.1. The highest BCUT2D eigenvalue weighted by Gasteiger charge is 2.09. The normalized spacial score (nSPS) is 10.8. The zero-order chi connectivity index (χ0) is 17.1. The van der Waals surface area contributed by atoms with Gasteiger partial charge in [-0.1, -0.05) is 12.1 Å². The summed E-state index contributed by atoms with van der Waals surface area (Å²) in [4.78, 5) is 30.7. The second kappa shape index (κ2) is 6.57. The maximum absolute atomic E-state index is 13.1. The number of halogens is 2. The first-order valence-electron chi connectivity index (χ1n) is 7.26. The van der Waals surface area contributed by atoms with Crippen molar-refractivity contribution in [2.75, 3.05) is 5.32 Å². The number of para-hydroxylation sites is 1. The molecule has 3 rings (SSSR count). The molecule has 2 N–H and O–H groups in total. The number of carbonyl (C=O) groups excluding carboxylic acids is 1. The highest BCUT2D eigenvalue weighted by Crippen LogP contribution is 2.13. The first kappa shape index (κ1) is 15.8. The van der Waals surface area contributed by atoms with Crippen LogP contribution in [0.5, 0.6) is 0 Å². The van der Waals surface area contributed by atoms with Crippen molar-refractivity contribution in [3.05, 3.63) is 70.3 Å². The molecule has 0 aliphatic heterocycles. The average Bonchev–Trinajstić information content (AvgIpc) is 2.56. The average molecular weight is 329 g/mol. The third-order valence-electron chi connectivity index (χ3n) is 3.45. The fraction of sp³-hybridized carbons (Fsp3) is 0.118. The van der Waals surface area contributed by atoms with Crippen LogP contribution >= 0.6 is 0 Å². The molecule has 1 aromatic heterocycles. The molecule has 1 heterocycles. The fourth-order valence-electron chi connectivity index (χ4n) is 2.28. The van der Waals surface area contributed by atoms with Crippen molar-refractivity contribution < 1.29 is 13.6 Å². The van der Waals surface area contributed by atoms with Crippen LogP contribution in [0.3, 0.4) is 0 Å². The van der Waals surface area contributed by atoms with Gasteiger partial charge >= 0.3 is 0 Å². The number of aromatic amines is 1. The Morgan fingerprint density at radius 3 is 2.71 bits per heavy atom. The fourth-order valence-corrected chi connectivity index (χ4v) is 2.28. The van der Waals surface area contributed by atoms with Crippen molar-refractivity contribution >= 4 is 22.5 Å². The number of fused-ring (bicyclic) bond motifs is 1. The molecule has 0 aliphatic rings. The summed E-state index contributed by atoms with van der Waals surface area (Å²) in [6.07, 6.45) is 0.260. The van der Waals surface area contributed by atoms with E-state index in [0.29, 0.717) is 16.7 Å². The quantitative estimate of drug-likeness (QED) is 0.773. The largest absolute Gasteiger partial charge is 0.326 e. The topological polar surface area (TPSA) is 74.8 Å². The number of nitrogens with one attached hydrogen (secondary N) is 2. The van der Waals surface area contributed by atoms with Crippen molar-refractivity contribution in [3.8, 4) is 0 Å². The van der Waals surface area contributed by atoms with Crippen molar-refractivity contribution in [3.63, 3.8) is 0 Å². The Kier molecular flexibility index (Phi) is 4.33. The Labute approximate surface area is 135 Å². The van der Waals surface area contributed by atoms with Crippen LogP contribution in [0.15, 0.2) is 47.3 Å². The van der Waals surface area contributed by atoms with Gasteiger partial charge in [-0.2, -0.15) is 0 Å². The summed E-state index contributed by atoms with van der Waals surface area (Å²) in [6.45, 7) is 0. The first-order chi connectivity index (χ1) is 11.5. The molecular formula is C17H13F2N3O2. The van der Waals surface area contributed by atoms with Crippen LogP contribution in [0.4, 0.5) is 14.5 Å². The number of hydrogen-bond acceptors (Lipinski definition) is 3. The molecule has 0 unspecified atom stereocenters. The number of carbonyl (C=O) groups is 1. The van der Waals surface area contributed by atoms with E-state index in [4.69, 9.17) is 0 Å². The van der Waals surface area contributed by atoms with E-state index in [1.165, 1.54) is 6.07 Å². The number of anilines is 1. The van der Waals surface area contributed by atoms with Crippen LogP contribution in [0.25, 0.3) is 10.9 Å². The number of H-pyrrole nitrogens is 1. The monoisotopic (exact) mass is 329 g/mol. The molecule has 7 heteroatoms. The zero-order valence-electron chi connectivity index (χ0n) is 12.5. The lowest BCUT2D eigenvalue weighted by atomic mass is 10.2. The highest BCUT2D eigenvalue weighted by molar-refractivity contribution is 5.90. The Balaban J connectivity index is 1.68. The Morgan fingerprint density at radius 1 is 1.12 bits per heavy atom. The molecule has 2 aromatic carbocycles. The number of benzene rings is 2. The van der Waals surface area contributed by atoms with Gasteiger partial charge in [0, 0.05) is 24.6 Å². The molecule has 1 amide bonds. The van der Waals surface area contributed by atoms with Gasteiger partial charge in [-0.05, 0) is 24.3 Å². The van der Waals surface area contributed by atoms with Gasteiger partial charge in [-0.3, -0.25) is 9.59 Å². The first-order valence-corrected chi connectivity index (χ1v) is 7.26. The van der Waals surface area contributed by atoms with E-state index in [0.717, 1.165) is 12.1 Å². The molecule has 0 fully saturated rings. The van der Waals surface area contributed by atoms with Gasteiger partial charge in [0.2, 0.25) is 5.91 Å². The number of hydrogen-bond donors (Lipinski definition) is 2. The Morgan fingerprint density at radius 2 is 1.92 bits per heavy atom. The van der Waals surface area contributed by atoms with Gasteiger partial charge in [-0.15, -0.1) is 0 Å². The van der Waals surface area contributed by atoms with E-state index in [1.807, 2.05) is 0 Å². The Bertz CT molecular complexity index is 969. The van der Waals surface area contributed by atoms with Crippen LogP contribution in [-0.2, 0) is 11.2 Å². The molecule has 0 bridgehead atoms. The third-order valence-corrected chi connectivity index (χ3v) is 3.45. The molecular weight excluding hydrogens is 316 g/mol. The van der Waals surface area contributed by atoms with Crippen LogP contribution in [0, 0.1) is 11.6 Å². The summed E-state index contributed by atoms with van der Waals surface area (Å²) in [5.74, 6) is -2.02. The summed E-state index contributed by atoms with van der Waals surface area (Å²) in [5.41, 5.74) is 0.452. The summed E-state index contributed by atoms with van der Waals surface area (Å²) in [7, 11) is 0. The molecule has 5 nitrogen and oxygen atoms in total. The molecule has 122 valence electrons. The lowest BCUT2D eigenvalue weighted by Gasteiger charge is -2.06. The number of nitrogens with zero attached hydrogens (tertiary/aromatic N) is 1. The lowest BCUT2D eigenvalue weighted by Crippen LogP contribution is -2.16. The van der Waals surface area contributed by atoms with Crippen molar-refractivity contribution in [1.29, 1.82) is 0 Å². The molecule has 0 spiro atoms. The molecule has 3 aromatic rings. The van der Waals surface area contributed by atoms with Gasteiger partial charge in [-0.25, -0.2) is 13.8 Å². The molecule has 24 heavy (non-hydrogen) atoms. The smallest absolute Gasteiger partial charge is 0.258 e. The number of amides is 1. The van der Waals surface area contributed by atoms with Crippen molar-refractivity contribution in [2.45, 2.75) is 12.8 Å². The van der Waals surface area contributed by atoms with E-state index in [-0.39, 0.29) is 24.1 Å². The van der Waals surface area contributed by atoms with Crippen LogP contribution < -0.4 is 10.9 Å². The lowest BCUT2D eigenvalue weighted by molar-refractivity contribution is -0.116. The van der Waals surface area contributed by atoms with E-state index in [2.05, 4.69) is 15.3 Å². The minimum absolute atomic E-state index is 0.0419. The molecule has 0 aliphatic carbocycles. The van der Waals surface area contributed by atoms with Gasteiger partial charge in [0.1, 0.15) is 5.82 Å². The van der Waals surface area contributed by atoms with Crippen LogP contribution in [-0.4, -0.2) is 15.9 Å². The third kappa shape index (κ3) is 3.45. The van der Waals surface area contributed by atoms with Gasteiger partial charge < -0.3 is 10.3 Å². The predicted molar refractivity (Wildman–Crippen MR) is 85.7 cm³/mol. The number of aryl methyl sites for hydroxylation is 1. The second-order valence-corrected chi connectivity index (χ2v) is 5.21. The van der Waals surface area contributed by atoms with Gasteiger partial charge in [0.15, 0.2) is 11.6 Å². The second-order valence-electron chi connectivity index (χ2n) is 5.21. The van der Waals surface area contributed by atoms with Crippen molar-refractivity contribution in [2.24, 2.45) is 0 Å². The molecule has 0 saturated carbocycles. The maximum Gasteiger partial charge on any atom is 0.258 e. The highest BCUT2D eigenvalue weighted by atomic mass is 19.2. The minimum Gasteiger partial charge on any atom is -0.326 e. The Hall–Kier alpha value is -3.09. The minimum atomic E-state index is -1.03. The van der Waals surface area contributed by atoms with Gasteiger partial charge in [0.05, 0.1) is 10.9 Å². The van der Waals surface area contributed by atoms with Gasteiger partial charge in [0.25, 0.3) is 5.56 Å². The molecule has 0 radical (unpaired) electrons. The van der Waals surface area contributed by atoms with Crippen molar-refractivity contribution in [1.82, 2.24) is 9.97 Å². The van der Waals surface area contributed by atoms with Crippen LogP contribution in [0.2, 0.25) is 0 Å². The summed E-state index contributed by atoms with van der Waals surface area (Å²) >= 11 is 0.